The number of hydrogen-bond acceptors (Lipinski definition) is 5. The Morgan fingerprint density at radius 1 is 1.53 bits per heavy atom. The highest BCUT2D eigenvalue weighted by molar-refractivity contribution is 7.91. The first-order valence-electron chi connectivity index (χ1n) is 5.61. The molecule has 1 atom stereocenters. The number of sulfone groups is 1. The Hall–Kier alpha value is -1.90. The Bertz CT molecular complexity index is 580. The molecule has 1 aromatic rings. The summed E-state index contributed by atoms with van der Waals surface area (Å²) in [4.78, 5) is 24.1. The summed E-state index contributed by atoms with van der Waals surface area (Å²) in [6.45, 7) is -0.524. The molecule has 0 radical (unpaired) electrons. The van der Waals surface area contributed by atoms with E-state index < -0.39 is 34.3 Å². The maximum absolute atomic E-state index is 12.1. The first-order valence-corrected chi connectivity index (χ1v) is 7.43. The molecule has 0 spiro atoms. The number of carboxylic acids is 1. The van der Waals surface area contributed by atoms with Crippen LogP contribution >= 0.6 is 0 Å². The fourth-order valence-corrected chi connectivity index (χ4v) is 3.80. The van der Waals surface area contributed by atoms with E-state index in [2.05, 4.69) is 10.2 Å². The van der Waals surface area contributed by atoms with E-state index in [0.717, 1.165) is 4.90 Å². The van der Waals surface area contributed by atoms with E-state index in [1.165, 1.54) is 12.4 Å². The summed E-state index contributed by atoms with van der Waals surface area (Å²) in [6, 6.07) is -0.594. The number of aromatic amines is 1. The number of amides is 1. The third kappa shape index (κ3) is 3.11. The molecular weight excluding hydrogens is 274 g/mol. The predicted octanol–water partition coefficient (Wildman–Crippen LogP) is -0.876. The molecule has 2 rings (SSSR count). The van der Waals surface area contributed by atoms with Gasteiger partial charge in [0.1, 0.15) is 6.54 Å². The number of carbonyl (C=O) groups is 2. The summed E-state index contributed by atoms with van der Waals surface area (Å²) in [5, 5.41) is 14.9. The summed E-state index contributed by atoms with van der Waals surface area (Å²) in [6.07, 6.45) is 2.89. The second kappa shape index (κ2) is 5.00. The fourth-order valence-electron chi connectivity index (χ4n) is 2.07. The van der Waals surface area contributed by atoms with E-state index in [9.17, 15) is 18.0 Å². The molecule has 19 heavy (non-hydrogen) atoms. The number of nitrogens with one attached hydrogen (secondary N) is 1. The Balaban J connectivity index is 2.21. The minimum atomic E-state index is -3.19. The van der Waals surface area contributed by atoms with Crippen LogP contribution in [0.1, 0.15) is 16.8 Å². The van der Waals surface area contributed by atoms with Crippen LogP contribution in [0.2, 0.25) is 0 Å². The summed E-state index contributed by atoms with van der Waals surface area (Å²) in [7, 11) is -3.19. The van der Waals surface area contributed by atoms with Crippen LogP contribution < -0.4 is 0 Å². The van der Waals surface area contributed by atoms with Crippen molar-refractivity contribution in [3.8, 4) is 0 Å². The maximum atomic E-state index is 12.1. The molecule has 0 saturated carbocycles. The molecule has 9 heteroatoms. The smallest absolute Gasteiger partial charge is 0.323 e. The molecular formula is C10H13N3O5S. The lowest BCUT2D eigenvalue weighted by Gasteiger charge is -2.25. The third-order valence-electron chi connectivity index (χ3n) is 2.96. The molecule has 1 aromatic heterocycles. The Morgan fingerprint density at radius 3 is 2.74 bits per heavy atom. The molecule has 104 valence electrons. The van der Waals surface area contributed by atoms with Crippen molar-refractivity contribution in [2.45, 2.75) is 12.5 Å². The van der Waals surface area contributed by atoms with Gasteiger partial charge in [0, 0.05) is 12.2 Å². The fraction of sp³-hybridized carbons (Fsp3) is 0.500. The van der Waals surface area contributed by atoms with Crippen molar-refractivity contribution in [2.24, 2.45) is 0 Å². The van der Waals surface area contributed by atoms with Gasteiger partial charge in [-0.05, 0) is 6.42 Å². The van der Waals surface area contributed by atoms with Crippen LogP contribution in [0, 0.1) is 0 Å². The average Bonchev–Trinajstić information content (AvgIpc) is 2.94. The third-order valence-corrected chi connectivity index (χ3v) is 4.71. The molecule has 2 N–H and O–H groups in total. The molecule has 1 fully saturated rings. The second-order valence-electron chi connectivity index (χ2n) is 4.37. The van der Waals surface area contributed by atoms with Crippen molar-refractivity contribution in [3.05, 3.63) is 18.0 Å². The van der Waals surface area contributed by atoms with Crippen molar-refractivity contribution < 1.29 is 23.1 Å². The van der Waals surface area contributed by atoms with Gasteiger partial charge in [0.25, 0.3) is 5.91 Å². The summed E-state index contributed by atoms with van der Waals surface area (Å²) >= 11 is 0. The highest BCUT2D eigenvalue weighted by Gasteiger charge is 2.36. The highest BCUT2D eigenvalue weighted by Crippen LogP contribution is 2.19. The van der Waals surface area contributed by atoms with E-state index in [1.807, 2.05) is 0 Å². The maximum Gasteiger partial charge on any atom is 0.323 e. The number of H-pyrrole nitrogens is 1. The molecule has 0 aromatic carbocycles. The number of rotatable bonds is 4. The SMILES string of the molecule is O=C(O)CN(C(=O)c1cn[nH]c1)C1CCS(=O)(=O)C1. The van der Waals surface area contributed by atoms with Gasteiger partial charge < -0.3 is 10.0 Å². The van der Waals surface area contributed by atoms with E-state index in [1.54, 1.807) is 0 Å². The average molecular weight is 287 g/mol. The normalized spacial score (nSPS) is 21.2. The van der Waals surface area contributed by atoms with Crippen molar-refractivity contribution in [3.63, 3.8) is 0 Å². The van der Waals surface area contributed by atoms with Gasteiger partial charge in [-0.15, -0.1) is 0 Å². The number of nitrogens with zero attached hydrogens (tertiary/aromatic N) is 2. The van der Waals surface area contributed by atoms with Crippen LogP contribution in [0.5, 0.6) is 0 Å². The zero-order chi connectivity index (χ0) is 14.0. The van der Waals surface area contributed by atoms with E-state index in [-0.39, 0.29) is 23.5 Å². The number of carboxylic acid groups (broad SMARTS) is 1. The van der Waals surface area contributed by atoms with Gasteiger partial charge in [0.15, 0.2) is 9.84 Å². The molecule has 1 amide bonds. The molecule has 8 nitrogen and oxygen atoms in total. The van der Waals surface area contributed by atoms with Crippen molar-refractivity contribution in [1.82, 2.24) is 15.1 Å². The minimum absolute atomic E-state index is 0.0214. The highest BCUT2D eigenvalue weighted by atomic mass is 32.2. The number of carbonyl (C=O) groups excluding carboxylic acids is 1. The van der Waals surface area contributed by atoms with E-state index in [0.29, 0.717) is 0 Å². The molecule has 1 aliphatic heterocycles. The topological polar surface area (TPSA) is 120 Å². The van der Waals surface area contributed by atoms with Crippen LogP contribution in [0.4, 0.5) is 0 Å². The van der Waals surface area contributed by atoms with Gasteiger partial charge in [-0.2, -0.15) is 5.10 Å². The standard InChI is InChI=1S/C10H13N3O5S/c14-9(15)5-13(8-1-2-19(17,18)6-8)10(16)7-3-11-12-4-7/h3-4,8H,1-2,5-6H2,(H,11,12)(H,14,15). The Kier molecular flexibility index (Phi) is 3.56. The van der Waals surface area contributed by atoms with Crippen molar-refractivity contribution in [1.29, 1.82) is 0 Å². The van der Waals surface area contributed by atoms with Crippen molar-refractivity contribution >= 4 is 21.7 Å². The molecule has 1 aliphatic rings. The van der Waals surface area contributed by atoms with Gasteiger partial charge in [-0.25, -0.2) is 8.42 Å². The minimum Gasteiger partial charge on any atom is -0.480 e. The number of aliphatic carboxylic acids is 1. The lowest BCUT2D eigenvalue weighted by atomic mass is 10.2. The van der Waals surface area contributed by atoms with Crippen LogP contribution in [-0.4, -0.2) is 64.6 Å². The monoisotopic (exact) mass is 287 g/mol. The van der Waals surface area contributed by atoms with Gasteiger partial charge in [0.2, 0.25) is 0 Å². The number of aromatic nitrogens is 2. The first kappa shape index (κ1) is 13.5. The van der Waals surface area contributed by atoms with Gasteiger partial charge in [0.05, 0.1) is 23.3 Å². The summed E-state index contributed by atoms with van der Waals surface area (Å²) in [5.74, 6) is -1.92. The predicted molar refractivity (Wildman–Crippen MR) is 64.3 cm³/mol. The molecule has 1 saturated heterocycles. The first-order chi connectivity index (χ1) is 8.89. The van der Waals surface area contributed by atoms with E-state index in [4.69, 9.17) is 5.11 Å². The lowest BCUT2D eigenvalue weighted by molar-refractivity contribution is -0.138. The quantitative estimate of drug-likeness (QED) is 0.742. The van der Waals surface area contributed by atoms with E-state index >= 15 is 0 Å². The zero-order valence-corrected chi connectivity index (χ0v) is 10.8. The largest absolute Gasteiger partial charge is 0.480 e. The zero-order valence-electron chi connectivity index (χ0n) is 9.94. The molecule has 0 aliphatic carbocycles. The van der Waals surface area contributed by atoms with Gasteiger partial charge in [-0.3, -0.25) is 14.7 Å². The number of hydrogen-bond donors (Lipinski definition) is 2. The molecule has 0 bridgehead atoms. The Morgan fingerprint density at radius 2 is 2.26 bits per heavy atom. The van der Waals surface area contributed by atoms with Gasteiger partial charge in [-0.1, -0.05) is 0 Å². The lowest BCUT2D eigenvalue weighted by Crippen LogP contribution is -2.44. The van der Waals surface area contributed by atoms with Crippen LogP contribution in [0.15, 0.2) is 12.4 Å². The molecule has 1 unspecified atom stereocenters. The van der Waals surface area contributed by atoms with Crippen LogP contribution in [0.25, 0.3) is 0 Å². The summed E-state index contributed by atoms with van der Waals surface area (Å²) in [5.41, 5.74) is 0.213. The van der Waals surface area contributed by atoms with Crippen LogP contribution in [0.3, 0.4) is 0 Å². The summed E-state index contributed by atoms with van der Waals surface area (Å²) < 4.78 is 22.9. The van der Waals surface area contributed by atoms with Crippen molar-refractivity contribution in [2.75, 3.05) is 18.1 Å². The Labute approximate surface area is 109 Å². The van der Waals surface area contributed by atoms with Crippen LogP contribution in [-0.2, 0) is 14.6 Å². The second-order valence-corrected chi connectivity index (χ2v) is 6.60. The molecule has 2 heterocycles. The van der Waals surface area contributed by atoms with Gasteiger partial charge >= 0.3 is 5.97 Å².